The number of likely N-dealkylation sites (tertiary alicyclic amines) is 1. The Hall–Kier alpha value is -1.63. The third-order valence-corrected chi connectivity index (χ3v) is 7.22. The molecule has 172 valence electrons. The van der Waals surface area contributed by atoms with Gasteiger partial charge in [0.1, 0.15) is 6.04 Å². The van der Waals surface area contributed by atoms with Crippen LogP contribution in [0.5, 0.6) is 0 Å². The minimum Gasteiger partial charge on any atom is -0.384 e. The molecule has 0 radical (unpaired) electrons. The molecule has 0 spiro atoms. The van der Waals surface area contributed by atoms with E-state index in [1.54, 1.807) is 17.0 Å². The van der Waals surface area contributed by atoms with Crippen molar-refractivity contribution in [2.75, 3.05) is 26.2 Å². The number of amides is 2. The summed E-state index contributed by atoms with van der Waals surface area (Å²) in [6.45, 7) is 10.5. The molecule has 0 aliphatic carbocycles. The smallest absolute Gasteiger partial charge is 0.245 e. The Morgan fingerprint density at radius 3 is 2.52 bits per heavy atom. The molecule has 2 amide bonds. The number of carbonyl (C=O) groups is 2. The molecule has 2 aliphatic heterocycles. The maximum Gasteiger partial charge on any atom is 0.245 e. The normalized spacial score (nSPS) is 26.7. The summed E-state index contributed by atoms with van der Waals surface area (Å²) in [6.07, 6.45) is 1.88. The second-order valence-corrected chi connectivity index (χ2v) is 10.5. The Morgan fingerprint density at radius 2 is 1.97 bits per heavy atom. The molecular formula is C24H36ClN3O3. The van der Waals surface area contributed by atoms with Crippen molar-refractivity contribution in [3.8, 4) is 0 Å². The van der Waals surface area contributed by atoms with Gasteiger partial charge in [-0.05, 0) is 55.5 Å². The molecule has 3 N–H and O–H groups in total. The van der Waals surface area contributed by atoms with E-state index in [-0.39, 0.29) is 17.7 Å². The molecule has 0 saturated carbocycles. The van der Waals surface area contributed by atoms with E-state index in [1.807, 2.05) is 39.8 Å². The summed E-state index contributed by atoms with van der Waals surface area (Å²) in [4.78, 5) is 27.8. The van der Waals surface area contributed by atoms with Crippen LogP contribution in [0.4, 0.5) is 0 Å². The number of nitrogens with zero attached hydrogens (tertiary/aromatic N) is 1. The molecule has 2 heterocycles. The average molecular weight is 450 g/mol. The molecule has 3 atom stereocenters. The lowest BCUT2D eigenvalue weighted by Crippen LogP contribution is -2.60. The molecule has 0 bridgehead atoms. The van der Waals surface area contributed by atoms with E-state index in [4.69, 9.17) is 11.6 Å². The molecule has 1 aromatic rings. The van der Waals surface area contributed by atoms with Crippen LogP contribution in [-0.4, -0.2) is 54.0 Å². The van der Waals surface area contributed by atoms with Crippen molar-refractivity contribution in [1.29, 1.82) is 0 Å². The predicted octanol–water partition coefficient (Wildman–Crippen LogP) is 2.93. The summed E-state index contributed by atoms with van der Waals surface area (Å²) in [5.41, 5.74) is -0.802. The lowest BCUT2D eigenvalue weighted by Gasteiger charge is -2.51. The highest BCUT2D eigenvalue weighted by molar-refractivity contribution is 6.30. The van der Waals surface area contributed by atoms with Crippen molar-refractivity contribution < 1.29 is 14.7 Å². The van der Waals surface area contributed by atoms with Crippen molar-refractivity contribution in [2.45, 2.75) is 58.6 Å². The predicted molar refractivity (Wildman–Crippen MR) is 123 cm³/mol. The minimum atomic E-state index is -1.06. The fraction of sp³-hybridized carbons (Fsp3) is 0.667. The number of nitrogens with one attached hydrogen (secondary N) is 2. The summed E-state index contributed by atoms with van der Waals surface area (Å²) in [5, 5.41) is 18.4. The summed E-state index contributed by atoms with van der Waals surface area (Å²) in [6, 6.07) is 6.73. The van der Waals surface area contributed by atoms with Gasteiger partial charge in [-0.25, -0.2) is 0 Å². The monoisotopic (exact) mass is 449 g/mol. The fourth-order valence-corrected chi connectivity index (χ4v) is 4.99. The molecule has 31 heavy (non-hydrogen) atoms. The summed E-state index contributed by atoms with van der Waals surface area (Å²) >= 11 is 6.02. The van der Waals surface area contributed by atoms with Crippen molar-refractivity contribution in [2.24, 2.45) is 17.3 Å². The molecule has 2 fully saturated rings. The summed E-state index contributed by atoms with van der Waals surface area (Å²) < 4.78 is 0. The van der Waals surface area contributed by atoms with Gasteiger partial charge in [-0.3, -0.25) is 9.59 Å². The highest BCUT2D eigenvalue weighted by Crippen LogP contribution is 2.46. The fourth-order valence-electron chi connectivity index (χ4n) is 4.86. The maximum atomic E-state index is 13.4. The molecule has 2 saturated heterocycles. The van der Waals surface area contributed by atoms with Gasteiger partial charge in [0.25, 0.3) is 0 Å². The van der Waals surface area contributed by atoms with E-state index >= 15 is 0 Å². The van der Waals surface area contributed by atoms with E-state index in [0.717, 1.165) is 25.1 Å². The van der Waals surface area contributed by atoms with Gasteiger partial charge in [0.15, 0.2) is 0 Å². The van der Waals surface area contributed by atoms with Crippen LogP contribution in [0.1, 0.15) is 52.5 Å². The van der Waals surface area contributed by atoms with Crippen LogP contribution in [-0.2, 0) is 15.2 Å². The Labute approximate surface area is 190 Å². The number of carbonyl (C=O) groups excluding carboxylic acids is 2. The first-order valence-electron chi connectivity index (χ1n) is 11.3. The largest absolute Gasteiger partial charge is 0.384 e. The molecule has 6 nitrogen and oxygen atoms in total. The van der Waals surface area contributed by atoms with Gasteiger partial charge < -0.3 is 20.6 Å². The Morgan fingerprint density at radius 1 is 1.29 bits per heavy atom. The number of rotatable bonds is 6. The standard InChI is InChI=1S/C24H36ClN3O3/c1-16(2)21(27-20(29)13-17-9-11-26-14-17)22(30)28-12-10-24(31,23(3,4)15-28)18-5-7-19(25)8-6-18/h5-8,16-17,21,26,31H,9-15H2,1-4H3,(H,27,29)/t17-,21-,24+/m1/s1. The number of aliphatic hydroxyl groups is 1. The van der Waals surface area contributed by atoms with Crippen LogP contribution in [0.15, 0.2) is 24.3 Å². The highest BCUT2D eigenvalue weighted by Gasteiger charge is 2.50. The lowest BCUT2D eigenvalue weighted by atomic mass is 9.66. The number of halogens is 1. The lowest BCUT2D eigenvalue weighted by molar-refractivity contribution is -0.156. The molecule has 1 aromatic carbocycles. The van der Waals surface area contributed by atoms with Crippen LogP contribution in [0.25, 0.3) is 0 Å². The van der Waals surface area contributed by atoms with Crippen molar-refractivity contribution >= 4 is 23.4 Å². The van der Waals surface area contributed by atoms with Gasteiger partial charge in [-0.1, -0.05) is 51.4 Å². The van der Waals surface area contributed by atoms with Gasteiger partial charge in [0.05, 0.1) is 5.60 Å². The van der Waals surface area contributed by atoms with Crippen LogP contribution < -0.4 is 10.6 Å². The van der Waals surface area contributed by atoms with E-state index in [0.29, 0.717) is 36.9 Å². The van der Waals surface area contributed by atoms with Gasteiger partial charge in [0, 0.05) is 29.9 Å². The quantitative estimate of drug-likeness (QED) is 0.623. The molecule has 0 aromatic heterocycles. The van der Waals surface area contributed by atoms with E-state index < -0.39 is 17.1 Å². The SMILES string of the molecule is CC(C)[C@@H](NC(=O)C[C@H]1CCNC1)C(=O)N1CC[C@](O)(c2ccc(Cl)cc2)C(C)(C)C1. The van der Waals surface area contributed by atoms with E-state index in [2.05, 4.69) is 10.6 Å². The van der Waals surface area contributed by atoms with Crippen LogP contribution in [0.2, 0.25) is 5.02 Å². The van der Waals surface area contributed by atoms with Crippen LogP contribution in [0.3, 0.4) is 0 Å². The number of hydrogen-bond donors (Lipinski definition) is 3. The third-order valence-electron chi connectivity index (χ3n) is 6.97. The minimum absolute atomic E-state index is 0.0154. The van der Waals surface area contributed by atoms with E-state index in [9.17, 15) is 14.7 Å². The number of piperidine rings is 1. The Kier molecular flexibility index (Phi) is 7.34. The van der Waals surface area contributed by atoms with Gasteiger partial charge in [0.2, 0.25) is 11.8 Å². The second kappa shape index (κ2) is 9.47. The zero-order valence-corrected chi connectivity index (χ0v) is 19.8. The summed E-state index contributed by atoms with van der Waals surface area (Å²) in [7, 11) is 0. The van der Waals surface area contributed by atoms with Crippen LogP contribution in [0, 0.1) is 17.3 Å². The maximum absolute atomic E-state index is 13.4. The molecule has 0 unspecified atom stereocenters. The third kappa shape index (κ3) is 5.24. The highest BCUT2D eigenvalue weighted by atomic mass is 35.5. The van der Waals surface area contributed by atoms with Crippen molar-refractivity contribution in [1.82, 2.24) is 15.5 Å². The van der Waals surface area contributed by atoms with Gasteiger partial charge >= 0.3 is 0 Å². The topological polar surface area (TPSA) is 81.7 Å². The Bertz CT molecular complexity index is 790. The van der Waals surface area contributed by atoms with Gasteiger partial charge in [-0.2, -0.15) is 0 Å². The first-order chi connectivity index (χ1) is 14.5. The first kappa shape index (κ1) is 24.0. The molecule has 2 aliphatic rings. The van der Waals surface area contributed by atoms with Crippen molar-refractivity contribution in [3.05, 3.63) is 34.9 Å². The molecular weight excluding hydrogens is 414 g/mol. The summed E-state index contributed by atoms with van der Waals surface area (Å²) in [5.74, 6) is 0.193. The average Bonchev–Trinajstić information content (AvgIpc) is 3.21. The van der Waals surface area contributed by atoms with Gasteiger partial charge in [-0.15, -0.1) is 0 Å². The Balaban J connectivity index is 1.69. The van der Waals surface area contributed by atoms with E-state index in [1.165, 1.54) is 0 Å². The number of hydrogen-bond acceptors (Lipinski definition) is 4. The second-order valence-electron chi connectivity index (χ2n) is 10.1. The first-order valence-corrected chi connectivity index (χ1v) is 11.7. The zero-order chi connectivity index (χ0) is 22.8. The zero-order valence-electron chi connectivity index (χ0n) is 19.1. The van der Waals surface area contributed by atoms with Crippen molar-refractivity contribution in [3.63, 3.8) is 0 Å². The van der Waals surface area contributed by atoms with Crippen LogP contribution >= 0.6 is 11.6 Å². The molecule has 7 heteroatoms. The number of benzene rings is 1. The molecule has 3 rings (SSSR count).